The van der Waals surface area contributed by atoms with Crippen LogP contribution in [0.3, 0.4) is 0 Å². The highest BCUT2D eigenvalue weighted by Gasteiger charge is 2.21. The van der Waals surface area contributed by atoms with Gasteiger partial charge in [0.05, 0.1) is 0 Å². The summed E-state index contributed by atoms with van der Waals surface area (Å²) in [5.41, 5.74) is 0. The van der Waals surface area contributed by atoms with Gasteiger partial charge in [-0.05, 0) is 25.2 Å². The van der Waals surface area contributed by atoms with E-state index in [1.807, 2.05) is 13.0 Å². The van der Waals surface area contributed by atoms with Crippen LogP contribution in [0.2, 0.25) is 0 Å². The number of nitrogens with one attached hydrogen (secondary N) is 1. The van der Waals surface area contributed by atoms with E-state index in [0.717, 1.165) is 24.7 Å². The maximum absolute atomic E-state index is 10.9. The van der Waals surface area contributed by atoms with E-state index in [9.17, 15) is 4.79 Å². The van der Waals surface area contributed by atoms with Crippen LogP contribution >= 0.6 is 0 Å². The zero-order valence-corrected chi connectivity index (χ0v) is 11.2. The molecule has 1 heterocycles. The van der Waals surface area contributed by atoms with Crippen LogP contribution in [0.5, 0.6) is 0 Å². The number of carboxylic acid groups (broad SMARTS) is 1. The SMILES string of the molecule is CCCN(CC(=O)O)c1cc(NCC2CC2)ncn1. The Balaban J connectivity index is 2.02. The highest BCUT2D eigenvalue weighted by atomic mass is 16.4. The number of carboxylic acids is 1. The monoisotopic (exact) mass is 264 g/mol. The summed E-state index contributed by atoms with van der Waals surface area (Å²) in [7, 11) is 0. The average Bonchev–Trinajstić information content (AvgIpc) is 3.20. The third-order valence-electron chi connectivity index (χ3n) is 3.07. The third kappa shape index (κ3) is 4.39. The standard InChI is InChI=1S/C13H20N4O2/c1-2-5-17(8-13(18)19)12-6-11(15-9-16-12)14-7-10-3-4-10/h6,9-10H,2-5,7-8H2,1H3,(H,18,19)(H,14,15,16). The number of anilines is 2. The Morgan fingerprint density at radius 1 is 1.53 bits per heavy atom. The zero-order valence-electron chi connectivity index (χ0n) is 11.2. The Kier molecular flexibility index (Phi) is 4.54. The van der Waals surface area contributed by atoms with E-state index >= 15 is 0 Å². The second-order valence-electron chi connectivity index (χ2n) is 4.90. The summed E-state index contributed by atoms with van der Waals surface area (Å²) < 4.78 is 0. The summed E-state index contributed by atoms with van der Waals surface area (Å²) in [6.07, 6.45) is 4.93. The van der Waals surface area contributed by atoms with Gasteiger partial charge in [-0.3, -0.25) is 4.79 Å². The maximum atomic E-state index is 10.9. The highest BCUT2D eigenvalue weighted by molar-refractivity contribution is 5.73. The van der Waals surface area contributed by atoms with Crippen LogP contribution < -0.4 is 10.2 Å². The molecule has 6 heteroatoms. The quantitative estimate of drug-likeness (QED) is 0.742. The average molecular weight is 264 g/mol. The summed E-state index contributed by atoms with van der Waals surface area (Å²) in [5, 5.41) is 12.2. The van der Waals surface area contributed by atoms with E-state index in [2.05, 4.69) is 15.3 Å². The molecule has 0 unspecified atom stereocenters. The fraction of sp³-hybridized carbons (Fsp3) is 0.615. The van der Waals surface area contributed by atoms with Crippen LogP contribution in [-0.2, 0) is 4.79 Å². The van der Waals surface area contributed by atoms with Crippen molar-refractivity contribution in [3.05, 3.63) is 12.4 Å². The van der Waals surface area contributed by atoms with E-state index in [0.29, 0.717) is 12.4 Å². The van der Waals surface area contributed by atoms with Gasteiger partial charge >= 0.3 is 5.97 Å². The molecule has 1 aliphatic rings. The summed E-state index contributed by atoms with van der Waals surface area (Å²) in [6.45, 7) is 3.59. The van der Waals surface area contributed by atoms with E-state index < -0.39 is 5.97 Å². The maximum Gasteiger partial charge on any atom is 0.323 e. The molecule has 0 aliphatic heterocycles. The second-order valence-corrected chi connectivity index (χ2v) is 4.90. The van der Waals surface area contributed by atoms with Crippen molar-refractivity contribution in [2.45, 2.75) is 26.2 Å². The normalized spacial score (nSPS) is 14.2. The predicted octanol–water partition coefficient (Wildman–Crippen LogP) is 1.60. The van der Waals surface area contributed by atoms with Crippen molar-refractivity contribution in [1.82, 2.24) is 9.97 Å². The Labute approximate surface area is 112 Å². The number of hydrogen-bond acceptors (Lipinski definition) is 5. The number of carbonyl (C=O) groups is 1. The van der Waals surface area contributed by atoms with Crippen LogP contribution in [0.15, 0.2) is 12.4 Å². The lowest BCUT2D eigenvalue weighted by atomic mass is 10.3. The van der Waals surface area contributed by atoms with Crippen molar-refractivity contribution in [3.8, 4) is 0 Å². The minimum atomic E-state index is -0.848. The molecule has 1 aliphatic carbocycles. The molecule has 0 saturated heterocycles. The lowest BCUT2D eigenvalue weighted by Gasteiger charge is -2.21. The fourth-order valence-corrected chi connectivity index (χ4v) is 1.90. The van der Waals surface area contributed by atoms with Gasteiger partial charge in [0.25, 0.3) is 0 Å². The molecule has 1 fully saturated rings. The minimum Gasteiger partial charge on any atom is -0.480 e. The molecule has 6 nitrogen and oxygen atoms in total. The van der Waals surface area contributed by atoms with Crippen molar-refractivity contribution >= 4 is 17.6 Å². The first kappa shape index (κ1) is 13.6. The molecular formula is C13H20N4O2. The molecule has 19 heavy (non-hydrogen) atoms. The third-order valence-corrected chi connectivity index (χ3v) is 3.07. The first-order valence-electron chi connectivity index (χ1n) is 6.71. The summed E-state index contributed by atoms with van der Waals surface area (Å²) >= 11 is 0. The van der Waals surface area contributed by atoms with E-state index in [1.165, 1.54) is 19.2 Å². The second kappa shape index (κ2) is 6.36. The zero-order chi connectivity index (χ0) is 13.7. The minimum absolute atomic E-state index is 0.0348. The van der Waals surface area contributed by atoms with Gasteiger partial charge in [0, 0.05) is 19.2 Å². The number of rotatable bonds is 8. The Hall–Kier alpha value is -1.85. The van der Waals surface area contributed by atoms with Crippen LogP contribution in [0.25, 0.3) is 0 Å². The molecule has 1 aromatic heterocycles. The van der Waals surface area contributed by atoms with Gasteiger partial charge in [-0.15, -0.1) is 0 Å². The molecule has 0 amide bonds. The number of aliphatic carboxylic acids is 1. The first-order valence-corrected chi connectivity index (χ1v) is 6.71. The van der Waals surface area contributed by atoms with Crippen molar-refractivity contribution < 1.29 is 9.90 Å². The summed E-state index contributed by atoms with van der Waals surface area (Å²) in [4.78, 5) is 21.0. The van der Waals surface area contributed by atoms with Gasteiger partial charge in [0.15, 0.2) is 0 Å². The lowest BCUT2D eigenvalue weighted by Crippen LogP contribution is -2.31. The van der Waals surface area contributed by atoms with Crippen LogP contribution in [0.4, 0.5) is 11.6 Å². The van der Waals surface area contributed by atoms with Gasteiger partial charge < -0.3 is 15.3 Å². The highest BCUT2D eigenvalue weighted by Crippen LogP contribution is 2.28. The number of aromatic nitrogens is 2. The summed E-state index contributed by atoms with van der Waals surface area (Å²) in [6, 6.07) is 1.82. The molecule has 0 radical (unpaired) electrons. The fourth-order valence-electron chi connectivity index (χ4n) is 1.90. The van der Waals surface area contributed by atoms with Crippen LogP contribution in [0.1, 0.15) is 26.2 Å². The van der Waals surface area contributed by atoms with E-state index in [-0.39, 0.29) is 6.54 Å². The largest absolute Gasteiger partial charge is 0.480 e. The molecule has 2 N–H and O–H groups in total. The molecule has 0 aromatic carbocycles. The van der Waals surface area contributed by atoms with Crippen LogP contribution in [0, 0.1) is 5.92 Å². The topological polar surface area (TPSA) is 78.4 Å². The van der Waals surface area contributed by atoms with Crippen molar-refractivity contribution in [1.29, 1.82) is 0 Å². The molecule has 0 bridgehead atoms. The molecular weight excluding hydrogens is 244 g/mol. The number of nitrogens with zero attached hydrogens (tertiary/aromatic N) is 3. The smallest absolute Gasteiger partial charge is 0.323 e. The van der Waals surface area contributed by atoms with Gasteiger partial charge in [-0.25, -0.2) is 9.97 Å². The van der Waals surface area contributed by atoms with Gasteiger partial charge in [0.2, 0.25) is 0 Å². The Bertz CT molecular complexity index is 434. The molecule has 0 atom stereocenters. The summed E-state index contributed by atoms with van der Waals surface area (Å²) in [5.74, 6) is 1.35. The van der Waals surface area contributed by atoms with Gasteiger partial charge in [-0.2, -0.15) is 0 Å². The number of hydrogen-bond donors (Lipinski definition) is 2. The molecule has 2 rings (SSSR count). The molecule has 1 saturated carbocycles. The van der Waals surface area contributed by atoms with Crippen LogP contribution in [-0.4, -0.2) is 40.7 Å². The Morgan fingerprint density at radius 3 is 2.95 bits per heavy atom. The van der Waals surface area contributed by atoms with Gasteiger partial charge in [-0.1, -0.05) is 6.92 Å². The van der Waals surface area contributed by atoms with Crippen molar-refractivity contribution in [3.63, 3.8) is 0 Å². The first-order chi connectivity index (χ1) is 9.19. The molecule has 1 aromatic rings. The van der Waals surface area contributed by atoms with Crippen molar-refractivity contribution in [2.75, 3.05) is 29.9 Å². The van der Waals surface area contributed by atoms with E-state index in [1.54, 1.807) is 4.90 Å². The van der Waals surface area contributed by atoms with Crippen molar-refractivity contribution in [2.24, 2.45) is 5.92 Å². The predicted molar refractivity (Wildman–Crippen MR) is 73.4 cm³/mol. The van der Waals surface area contributed by atoms with E-state index in [4.69, 9.17) is 5.11 Å². The lowest BCUT2D eigenvalue weighted by molar-refractivity contribution is -0.135. The van der Waals surface area contributed by atoms with Gasteiger partial charge in [0.1, 0.15) is 24.5 Å². The Morgan fingerprint density at radius 2 is 2.32 bits per heavy atom. The molecule has 0 spiro atoms. The molecule has 104 valence electrons.